The van der Waals surface area contributed by atoms with Crippen molar-refractivity contribution >= 4 is 11.8 Å². The Balaban J connectivity index is 1.91. The predicted octanol–water partition coefficient (Wildman–Crippen LogP) is -1.94. The number of carbonyl (C=O) groups excluding carboxylic acids is 2. The van der Waals surface area contributed by atoms with Crippen molar-refractivity contribution in [2.75, 3.05) is 26.2 Å². The van der Waals surface area contributed by atoms with E-state index in [1.165, 1.54) is 0 Å². The third kappa shape index (κ3) is 2.51. The van der Waals surface area contributed by atoms with Gasteiger partial charge in [-0.25, -0.2) is 0 Å². The SMILES string of the molecule is O=C1CNC(C(=O)N(CCO)C2CC2)CN1. The monoisotopic (exact) mass is 227 g/mol. The van der Waals surface area contributed by atoms with Gasteiger partial charge in [0.15, 0.2) is 0 Å². The van der Waals surface area contributed by atoms with Crippen molar-refractivity contribution in [3.8, 4) is 0 Å². The van der Waals surface area contributed by atoms with Crippen molar-refractivity contribution < 1.29 is 14.7 Å². The molecule has 6 heteroatoms. The Bertz CT molecular complexity index is 281. The Hall–Kier alpha value is -1.14. The van der Waals surface area contributed by atoms with E-state index in [9.17, 15) is 9.59 Å². The predicted molar refractivity (Wildman–Crippen MR) is 56.6 cm³/mol. The number of aliphatic hydroxyl groups is 1. The average molecular weight is 227 g/mol. The van der Waals surface area contributed by atoms with E-state index in [1.807, 2.05) is 0 Å². The highest BCUT2D eigenvalue weighted by atomic mass is 16.3. The number of piperazine rings is 1. The summed E-state index contributed by atoms with van der Waals surface area (Å²) in [4.78, 5) is 24.7. The quantitative estimate of drug-likeness (QED) is 0.522. The highest BCUT2D eigenvalue weighted by Gasteiger charge is 2.36. The molecule has 2 amide bonds. The second-order valence-corrected chi connectivity index (χ2v) is 4.22. The van der Waals surface area contributed by atoms with E-state index in [2.05, 4.69) is 10.6 Å². The van der Waals surface area contributed by atoms with Crippen molar-refractivity contribution in [1.82, 2.24) is 15.5 Å². The fraction of sp³-hybridized carbons (Fsp3) is 0.800. The number of nitrogens with one attached hydrogen (secondary N) is 2. The normalized spacial score (nSPS) is 25.1. The lowest BCUT2D eigenvalue weighted by Crippen LogP contribution is -2.59. The molecule has 2 fully saturated rings. The van der Waals surface area contributed by atoms with E-state index >= 15 is 0 Å². The largest absolute Gasteiger partial charge is 0.395 e. The molecule has 0 aromatic carbocycles. The molecule has 0 bridgehead atoms. The van der Waals surface area contributed by atoms with E-state index in [4.69, 9.17) is 5.11 Å². The van der Waals surface area contributed by atoms with Gasteiger partial charge in [0.1, 0.15) is 6.04 Å². The number of hydrogen-bond acceptors (Lipinski definition) is 4. The first-order valence-electron chi connectivity index (χ1n) is 5.64. The smallest absolute Gasteiger partial charge is 0.241 e. The van der Waals surface area contributed by atoms with Crippen molar-refractivity contribution in [2.24, 2.45) is 0 Å². The molecule has 2 rings (SSSR count). The minimum absolute atomic E-state index is 0.0126. The van der Waals surface area contributed by atoms with Crippen molar-refractivity contribution in [3.05, 3.63) is 0 Å². The average Bonchev–Trinajstić information content (AvgIpc) is 3.10. The lowest BCUT2D eigenvalue weighted by atomic mass is 10.2. The summed E-state index contributed by atoms with van der Waals surface area (Å²) in [6.07, 6.45) is 2.04. The second-order valence-electron chi connectivity index (χ2n) is 4.22. The third-order valence-corrected chi connectivity index (χ3v) is 2.92. The van der Waals surface area contributed by atoms with E-state index in [1.54, 1.807) is 4.90 Å². The lowest BCUT2D eigenvalue weighted by Gasteiger charge is -2.29. The molecule has 0 aromatic heterocycles. The Morgan fingerprint density at radius 1 is 1.50 bits per heavy atom. The van der Waals surface area contributed by atoms with E-state index in [0.717, 1.165) is 12.8 Å². The number of amides is 2. The molecule has 0 radical (unpaired) electrons. The van der Waals surface area contributed by atoms with Crippen LogP contribution in [0, 0.1) is 0 Å². The summed E-state index contributed by atoms with van der Waals surface area (Å²) in [6.45, 7) is 0.900. The fourth-order valence-corrected chi connectivity index (χ4v) is 1.91. The molecule has 1 heterocycles. The Morgan fingerprint density at radius 2 is 2.25 bits per heavy atom. The summed E-state index contributed by atoms with van der Waals surface area (Å²) < 4.78 is 0. The van der Waals surface area contributed by atoms with Crippen LogP contribution in [-0.2, 0) is 9.59 Å². The van der Waals surface area contributed by atoms with Gasteiger partial charge in [0.2, 0.25) is 11.8 Å². The van der Waals surface area contributed by atoms with Gasteiger partial charge < -0.3 is 15.3 Å². The summed E-state index contributed by atoms with van der Waals surface area (Å²) in [5, 5.41) is 14.5. The molecule has 90 valence electrons. The van der Waals surface area contributed by atoms with Crippen LogP contribution in [0.3, 0.4) is 0 Å². The zero-order valence-corrected chi connectivity index (χ0v) is 9.11. The van der Waals surface area contributed by atoms with Gasteiger partial charge in [-0.15, -0.1) is 0 Å². The van der Waals surface area contributed by atoms with Crippen LogP contribution in [0.25, 0.3) is 0 Å². The summed E-state index contributed by atoms with van der Waals surface area (Å²) in [5.74, 6) is -0.0965. The first-order valence-corrected chi connectivity index (χ1v) is 5.64. The number of hydrogen-bond donors (Lipinski definition) is 3. The van der Waals surface area contributed by atoms with E-state index < -0.39 is 0 Å². The van der Waals surface area contributed by atoms with Gasteiger partial charge in [-0.05, 0) is 12.8 Å². The van der Waals surface area contributed by atoms with Crippen LogP contribution >= 0.6 is 0 Å². The first kappa shape index (κ1) is 11.3. The highest BCUT2D eigenvalue weighted by Crippen LogP contribution is 2.27. The van der Waals surface area contributed by atoms with Crippen molar-refractivity contribution in [2.45, 2.75) is 24.9 Å². The molecule has 0 spiro atoms. The molecule has 1 atom stereocenters. The number of aliphatic hydroxyl groups excluding tert-OH is 1. The fourth-order valence-electron chi connectivity index (χ4n) is 1.91. The Kier molecular flexibility index (Phi) is 3.40. The molecule has 3 N–H and O–H groups in total. The second kappa shape index (κ2) is 4.80. The molecule has 1 aliphatic carbocycles. The van der Waals surface area contributed by atoms with Gasteiger partial charge in [-0.1, -0.05) is 0 Å². The van der Waals surface area contributed by atoms with Crippen LogP contribution in [0.1, 0.15) is 12.8 Å². The van der Waals surface area contributed by atoms with Gasteiger partial charge in [0, 0.05) is 19.1 Å². The minimum atomic E-state index is -0.343. The van der Waals surface area contributed by atoms with Crippen LogP contribution in [-0.4, -0.2) is 60.1 Å². The molecule has 1 saturated heterocycles. The molecular weight excluding hydrogens is 210 g/mol. The van der Waals surface area contributed by atoms with Crippen molar-refractivity contribution in [1.29, 1.82) is 0 Å². The van der Waals surface area contributed by atoms with Crippen LogP contribution in [0.4, 0.5) is 0 Å². The summed E-state index contributed by atoms with van der Waals surface area (Å²) in [5.41, 5.74) is 0. The maximum Gasteiger partial charge on any atom is 0.241 e. The van der Waals surface area contributed by atoms with Crippen LogP contribution in [0.2, 0.25) is 0 Å². The molecule has 0 aromatic rings. The summed E-state index contributed by atoms with van der Waals surface area (Å²) in [6, 6.07) is -0.0519. The van der Waals surface area contributed by atoms with Crippen LogP contribution < -0.4 is 10.6 Å². The molecule has 1 saturated carbocycles. The van der Waals surface area contributed by atoms with Crippen LogP contribution in [0.15, 0.2) is 0 Å². The standard InChI is InChI=1S/C10H17N3O3/c14-4-3-13(7-1-2-7)10(16)8-5-12-9(15)6-11-8/h7-8,11,14H,1-6H2,(H,12,15). The maximum atomic E-state index is 12.1. The zero-order chi connectivity index (χ0) is 11.5. The Labute approximate surface area is 94.0 Å². The molecule has 1 aliphatic heterocycles. The Morgan fingerprint density at radius 3 is 2.75 bits per heavy atom. The van der Waals surface area contributed by atoms with E-state index in [-0.39, 0.29) is 31.0 Å². The summed E-state index contributed by atoms with van der Waals surface area (Å²) in [7, 11) is 0. The first-order chi connectivity index (χ1) is 7.72. The minimum Gasteiger partial charge on any atom is -0.395 e. The van der Waals surface area contributed by atoms with Crippen LogP contribution in [0.5, 0.6) is 0 Å². The van der Waals surface area contributed by atoms with Gasteiger partial charge in [-0.2, -0.15) is 0 Å². The molecule has 16 heavy (non-hydrogen) atoms. The van der Waals surface area contributed by atoms with Gasteiger partial charge in [-0.3, -0.25) is 14.9 Å². The van der Waals surface area contributed by atoms with Gasteiger partial charge in [0.25, 0.3) is 0 Å². The lowest BCUT2D eigenvalue weighted by molar-refractivity contribution is -0.135. The molecule has 1 unspecified atom stereocenters. The van der Waals surface area contributed by atoms with E-state index in [0.29, 0.717) is 19.1 Å². The summed E-state index contributed by atoms with van der Waals surface area (Å²) >= 11 is 0. The maximum absolute atomic E-state index is 12.1. The molecule has 2 aliphatic rings. The number of carbonyl (C=O) groups is 2. The molecule has 6 nitrogen and oxygen atoms in total. The third-order valence-electron chi connectivity index (χ3n) is 2.92. The topological polar surface area (TPSA) is 81.7 Å². The van der Waals surface area contributed by atoms with Gasteiger partial charge >= 0.3 is 0 Å². The van der Waals surface area contributed by atoms with Crippen molar-refractivity contribution in [3.63, 3.8) is 0 Å². The molecular formula is C10H17N3O3. The number of nitrogens with zero attached hydrogens (tertiary/aromatic N) is 1. The zero-order valence-electron chi connectivity index (χ0n) is 9.11. The number of rotatable bonds is 4. The van der Waals surface area contributed by atoms with Gasteiger partial charge in [0.05, 0.1) is 13.2 Å². The highest BCUT2D eigenvalue weighted by molar-refractivity contribution is 5.87.